The van der Waals surface area contributed by atoms with Crippen molar-refractivity contribution in [1.82, 2.24) is 10.3 Å². The standard InChI is InChI=1S/C21H19ClFN3O2S/c1-2-13-3-5-14(6-4-13)18-12-29-21(25-18)26-19(27)9-10-24-20(28)16-8-7-15(23)11-17(16)22/h3-8,11-12H,2,9-10H2,1H3,(H,24,28)(H,25,26,27). The maximum atomic E-state index is 13.0. The Bertz CT molecular complexity index is 1020. The number of hydrogen-bond acceptors (Lipinski definition) is 4. The molecule has 1 heterocycles. The van der Waals surface area contributed by atoms with Gasteiger partial charge in [0.15, 0.2) is 5.13 Å². The third-order valence-electron chi connectivity index (χ3n) is 4.22. The van der Waals surface area contributed by atoms with Crippen LogP contribution in [0.2, 0.25) is 5.02 Å². The molecule has 0 radical (unpaired) electrons. The molecular formula is C21H19ClFN3O2S. The van der Waals surface area contributed by atoms with E-state index in [1.165, 1.54) is 23.0 Å². The number of aromatic nitrogens is 1. The van der Waals surface area contributed by atoms with Gasteiger partial charge >= 0.3 is 0 Å². The molecule has 0 aliphatic rings. The quantitative estimate of drug-likeness (QED) is 0.557. The van der Waals surface area contributed by atoms with Crippen LogP contribution in [-0.4, -0.2) is 23.3 Å². The van der Waals surface area contributed by atoms with Gasteiger partial charge in [0.1, 0.15) is 5.82 Å². The Morgan fingerprint density at radius 3 is 2.62 bits per heavy atom. The van der Waals surface area contributed by atoms with Crippen LogP contribution in [0.15, 0.2) is 47.8 Å². The Kier molecular flexibility index (Phi) is 6.95. The summed E-state index contributed by atoms with van der Waals surface area (Å²) in [5.74, 6) is -1.25. The lowest BCUT2D eigenvalue weighted by Gasteiger charge is -2.07. The molecule has 5 nitrogen and oxygen atoms in total. The topological polar surface area (TPSA) is 71.1 Å². The summed E-state index contributed by atoms with van der Waals surface area (Å²) < 4.78 is 13.0. The summed E-state index contributed by atoms with van der Waals surface area (Å²) in [5.41, 5.74) is 3.20. The van der Waals surface area contributed by atoms with E-state index in [1.54, 1.807) is 0 Å². The number of anilines is 1. The van der Waals surface area contributed by atoms with Gasteiger partial charge in [-0.3, -0.25) is 9.59 Å². The number of nitrogens with zero attached hydrogens (tertiary/aromatic N) is 1. The number of carbonyl (C=O) groups excluding carboxylic acids is 2. The Morgan fingerprint density at radius 1 is 1.17 bits per heavy atom. The number of halogens is 2. The molecule has 0 spiro atoms. The molecule has 0 atom stereocenters. The van der Waals surface area contributed by atoms with Crippen molar-refractivity contribution in [2.45, 2.75) is 19.8 Å². The fraction of sp³-hybridized carbons (Fsp3) is 0.190. The van der Waals surface area contributed by atoms with Crippen molar-refractivity contribution in [2.75, 3.05) is 11.9 Å². The van der Waals surface area contributed by atoms with Crippen molar-refractivity contribution in [3.63, 3.8) is 0 Å². The van der Waals surface area contributed by atoms with Crippen LogP contribution < -0.4 is 10.6 Å². The van der Waals surface area contributed by atoms with Gasteiger partial charge in [0, 0.05) is 23.9 Å². The van der Waals surface area contributed by atoms with E-state index in [0.717, 1.165) is 29.8 Å². The number of rotatable bonds is 7. The minimum Gasteiger partial charge on any atom is -0.351 e. The molecule has 29 heavy (non-hydrogen) atoms. The average Bonchev–Trinajstić information content (AvgIpc) is 3.16. The molecule has 0 aliphatic carbocycles. The molecular weight excluding hydrogens is 413 g/mol. The molecule has 0 bridgehead atoms. The second-order valence-electron chi connectivity index (χ2n) is 6.27. The molecule has 0 saturated heterocycles. The molecule has 2 aromatic carbocycles. The normalized spacial score (nSPS) is 10.6. The van der Waals surface area contributed by atoms with Gasteiger partial charge in [-0.1, -0.05) is 42.8 Å². The summed E-state index contributed by atoms with van der Waals surface area (Å²) in [6, 6.07) is 11.7. The van der Waals surface area contributed by atoms with E-state index in [9.17, 15) is 14.0 Å². The molecule has 0 fully saturated rings. The molecule has 1 aromatic heterocycles. The van der Waals surface area contributed by atoms with Crippen LogP contribution in [-0.2, 0) is 11.2 Å². The molecule has 0 saturated carbocycles. The highest BCUT2D eigenvalue weighted by Crippen LogP contribution is 2.25. The Morgan fingerprint density at radius 2 is 1.93 bits per heavy atom. The monoisotopic (exact) mass is 431 g/mol. The highest BCUT2D eigenvalue weighted by atomic mass is 35.5. The van der Waals surface area contributed by atoms with Gasteiger partial charge in [0.05, 0.1) is 16.3 Å². The fourth-order valence-electron chi connectivity index (χ4n) is 2.62. The average molecular weight is 432 g/mol. The summed E-state index contributed by atoms with van der Waals surface area (Å²) in [6.45, 7) is 2.22. The SMILES string of the molecule is CCc1ccc(-c2csc(NC(=O)CCNC(=O)c3ccc(F)cc3Cl)n2)cc1. The van der Waals surface area contributed by atoms with Crippen LogP contribution in [0.3, 0.4) is 0 Å². The van der Waals surface area contributed by atoms with Crippen LogP contribution in [0.25, 0.3) is 11.3 Å². The molecule has 3 rings (SSSR count). The predicted octanol–water partition coefficient (Wildman–Crippen LogP) is 4.92. The lowest BCUT2D eigenvalue weighted by atomic mass is 10.1. The fourth-order valence-corrected chi connectivity index (χ4v) is 3.60. The molecule has 0 aliphatic heterocycles. The van der Waals surface area contributed by atoms with E-state index in [1.807, 2.05) is 17.5 Å². The molecule has 2 N–H and O–H groups in total. The van der Waals surface area contributed by atoms with E-state index in [4.69, 9.17) is 11.6 Å². The summed E-state index contributed by atoms with van der Waals surface area (Å²) >= 11 is 7.20. The summed E-state index contributed by atoms with van der Waals surface area (Å²) in [6.07, 6.45) is 1.05. The lowest BCUT2D eigenvalue weighted by molar-refractivity contribution is -0.116. The molecule has 150 valence electrons. The number of amides is 2. The maximum Gasteiger partial charge on any atom is 0.252 e. The minimum absolute atomic E-state index is 0.0224. The third kappa shape index (κ3) is 5.62. The second-order valence-corrected chi connectivity index (χ2v) is 7.53. The highest BCUT2D eigenvalue weighted by molar-refractivity contribution is 7.14. The van der Waals surface area contributed by atoms with E-state index in [0.29, 0.717) is 5.13 Å². The van der Waals surface area contributed by atoms with Crippen LogP contribution in [0.5, 0.6) is 0 Å². The van der Waals surface area contributed by atoms with Crippen LogP contribution in [0, 0.1) is 5.82 Å². The van der Waals surface area contributed by atoms with Crippen molar-refractivity contribution < 1.29 is 14.0 Å². The lowest BCUT2D eigenvalue weighted by Crippen LogP contribution is -2.27. The van der Waals surface area contributed by atoms with Crippen molar-refractivity contribution >= 4 is 39.9 Å². The van der Waals surface area contributed by atoms with Gasteiger partial charge in [-0.25, -0.2) is 9.37 Å². The van der Waals surface area contributed by atoms with Crippen molar-refractivity contribution in [1.29, 1.82) is 0 Å². The largest absolute Gasteiger partial charge is 0.351 e. The smallest absolute Gasteiger partial charge is 0.252 e. The second kappa shape index (κ2) is 9.62. The first-order chi connectivity index (χ1) is 14.0. The zero-order valence-electron chi connectivity index (χ0n) is 15.7. The van der Waals surface area contributed by atoms with Gasteiger partial charge < -0.3 is 10.6 Å². The Labute approximate surface area is 176 Å². The van der Waals surface area contributed by atoms with E-state index in [2.05, 4.69) is 34.7 Å². The number of aryl methyl sites for hydroxylation is 1. The first-order valence-corrected chi connectivity index (χ1v) is 10.3. The highest BCUT2D eigenvalue weighted by Gasteiger charge is 2.12. The van der Waals surface area contributed by atoms with Crippen LogP contribution in [0.4, 0.5) is 9.52 Å². The van der Waals surface area contributed by atoms with E-state index in [-0.39, 0.29) is 29.5 Å². The minimum atomic E-state index is -0.518. The van der Waals surface area contributed by atoms with Gasteiger partial charge in [-0.15, -0.1) is 11.3 Å². The summed E-state index contributed by atoms with van der Waals surface area (Å²) in [5, 5.41) is 7.73. The molecule has 8 heteroatoms. The first-order valence-electron chi connectivity index (χ1n) is 9.04. The first kappa shape index (κ1) is 21.0. The van der Waals surface area contributed by atoms with Crippen LogP contribution in [0.1, 0.15) is 29.3 Å². The van der Waals surface area contributed by atoms with Gasteiger partial charge in [-0.2, -0.15) is 0 Å². The van der Waals surface area contributed by atoms with Crippen molar-refractivity contribution in [3.8, 4) is 11.3 Å². The van der Waals surface area contributed by atoms with Crippen molar-refractivity contribution in [2.24, 2.45) is 0 Å². The Balaban J connectivity index is 1.49. The van der Waals surface area contributed by atoms with Crippen LogP contribution >= 0.6 is 22.9 Å². The number of hydrogen-bond donors (Lipinski definition) is 2. The summed E-state index contributed by atoms with van der Waals surface area (Å²) in [7, 11) is 0. The van der Waals surface area contributed by atoms with Gasteiger partial charge in [0.2, 0.25) is 5.91 Å². The van der Waals surface area contributed by atoms with Gasteiger partial charge in [-0.05, 0) is 30.2 Å². The number of benzene rings is 2. The zero-order chi connectivity index (χ0) is 20.8. The van der Waals surface area contributed by atoms with E-state index < -0.39 is 11.7 Å². The van der Waals surface area contributed by atoms with Gasteiger partial charge in [0.25, 0.3) is 5.91 Å². The third-order valence-corrected chi connectivity index (χ3v) is 5.29. The maximum absolute atomic E-state index is 13.0. The van der Waals surface area contributed by atoms with Crippen molar-refractivity contribution in [3.05, 3.63) is 69.8 Å². The molecule has 3 aromatic rings. The molecule has 0 unspecified atom stereocenters. The zero-order valence-corrected chi connectivity index (χ0v) is 17.2. The Hall–Kier alpha value is -2.77. The van der Waals surface area contributed by atoms with E-state index >= 15 is 0 Å². The summed E-state index contributed by atoms with van der Waals surface area (Å²) in [4.78, 5) is 28.6. The number of thiazole rings is 1. The molecule has 2 amide bonds. The number of nitrogens with one attached hydrogen (secondary N) is 2. The predicted molar refractivity (Wildman–Crippen MR) is 114 cm³/mol. The number of carbonyl (C=O) groups is 2.